The van der Waals surface area contributed by atoms with Crippen LogP contribution < -0.4 is 5.63 Å². The molecule has 0 aliphatic rings. The lowest BCUT2D eigenvalue weighted by Crippen LogP contribution is -2.13. The molecule has 0 fully saturated rings. The molecule has 0 saturated heterocycles. The molecule has 0 spiro atoms. The van der Waals surface area contributed by atoms with Crippen molar-refractivity contribution in [3.8, 4) is 11.1 Å². The summed E-state index contributed by atoms with van der Waals surface area (Å²) in [6.45, 7) is 0. The highest BCUT2D eigenvalue weighted by Gasteiger charge is 2.39. The average molecular weight is 358 g/mol. The number of halogens is 6. The molecular weight excluding hydrogens is 350 g/mol. The van der Waals surface area contributed by atoms with Gasteiger partial charge in [0.2, 0.25) is 5.76 Å². The quantitative estimate of drug-likeness (QED) is 0.538. The van der Waals surface area contributed by atoms with Gasteiger partial charge in [0, 0.05) is 10.9 Å². The summed E-state index contributed by atoms with van der Waals surface area (Å²) in [6.07, 6.45) is -9.60. The molecule has 2 aromatic carbocycles. The van der Waals surface area contributed by atoms with E-state index in [9.17, 15) is 31.1 Å². The highest BCUT2D eigenvalue weighted by atomic mass is 19.4. The van der Waals surface area contributed by atoms with E-state index in [4.69, 9.17) is 0 Å². The van der Waals surface area contributed by atoms with Crippen LogP contribution >= 0.6 is 0 Å². The zero-order valence-corrected chi connectivity index (χ0v) is 12.2. The lowest BCUT2D eigenvalue weighted by atomic mass is 9.97. The molecule has 0 aliphatic heterocycles. The smallest absolute Gasteiger partial charge is 0.417 e. The molecule has 0 atom stereocenters. The number of hydrogen-bond acceptors (Lipinski definition) is 2. The summed E-state index contributed by atoms with van der Waals surface area (Å²) in [5.74, 6) is -1.55. The van der Waals surface area contributed by atoms with Crippen molar-refractivity contribution in [1.82, 2.24) is 0 Å². The van der Waals surface area contributed by atoms with Gasteiger partial charge >= 0.3 is 18.0 Å². The minimum absolute atomic E-state index is 0.0502. The van der Waals surface area contributed by atoms with Crippen molar-refractivity contribution in [1.29, 1.82) is 0 Å². The SMILES string of the molecule is O=c1oc(C(F)(F)F)c(-c2ccc(C(F)(F)F)cc2)c2ccccc12. The van der Waals surface area contributed by atoms with Gasteiger partial charge in [-0.3, -0.25) is 0 Å². The van der Waals surface area contributed by atoms with E-state index in [-0.39, 0.29) is 16.3 Å². The first-order valence-electron chi connectivity index (χ1n) is 6.89. The van der Waals surface area contributed by atoms with Crippen LogP contribution in [0, 0.1) is 0 Å². The molecule has 0 unspecified atom stereocenters. The van der Waals surface area contributed by atoms with Crippen LogP contribution in [0.15, 0.2) is 57.7 Å². The molecule has 8 heteroatoms. The molecule has 25 heavy (non-hydrogen) atoms. The Hall–Kier alpha value is -2.77. The van der Waals surface area contributed by atoms with Crippen LogP contribution in [0.25, 0.3) is 21.9 Å². The topological polar surface area (TPSA) is 30.2 Å². The van der Waals surface area contributed by atoms with Crippen LogP contribution in [0.5, 0.6) is 0 Å². The van der Waals surface area contributed by atoms with E-state index in [0.717, 1.165) is 12.1 Å². The maximum absolute atomic E-state index is 13.3. The molecule has 2 nitrogen and oxygen atoms in total. The minimum Gasteiger partial charge on any atom is -0.417 e. The number of alkyl halides is 6. The fourth-order valence-corrected chi connectivity index (χ4v) is 2.51. The Morgan fingerprint density at radius 2 is 1.28 bits per heavy atom. The third kappa shape index (κ3) is 3.11. The van der Waals surface area contributed by atoms with E-state index < -0.39 is 34.9 Å². The first-order chi connectivity index (χ1) is 11.6. The number of hydrogen-bond donors (Lipinski definition) is 0. The zero-order chi connectivity index (χ0) is 18.4. The molecule has 0 aliphatic carbocycles. The number of benzene rings is 2. The van der Waals surface area contributed by atoms with Gasteiger partial charge in [0.15, 0.2) is 0 Å². The van der Waals surface area contributed by atoms with Gasteiger partial charge in [0.25, 0.3) is 0 Å². The van der Waals surface area contributed by atoms with Crippen molar-refractivity contribution < 1.29 is 30.8 Å². The molecule has 0 N–H and O–H groups in total. The third-order valence-corrected chi connectivity index (χ3v) is 3.60. The fraction of sp³-hybridized carbons (Fsp3) is 0.118. The van der Waals surface area contributed by atoms with Crippen LogP contribution in [0.1, 0.15) is 11.3 Å². The molecule has 130 valence electrons. The average Bonchev–Trinajstić information content (AvgIpc) is 2.53. The van der Waals surface area contributed by atoms with Crippen LogP contribution in [0.2, 0.25) is 0 Å². The minimum atomic E-state index is -4.98. The normalized spacial score (nSPS) is 12.6. The maximum Gasteiger partial charge on any atom is 0.450 e. The lowest BCUT2D eigenvalue weighted by molar-refractivity contribution is -0.153. The van der Waals surface area contributed by atoms with E-state index in [0.29, 0.717) is 12.1 Å². The van der Waals surface area contributed by atoms with Crippen LogP contribution in [-0.2, 0) is 12.4 Å². The summed E-state index contributed by atoms with van der Waals surface area (Å²) in [6, 6.07) is 8.63. The Balaban J connectivity index is 2.34. The van der Waals surface area contributed by atoms with Gasteiger partial charge in [-0.2, -0.15) is 26.3 Å². The summed E-state index contributed by atoms with van der Waals surface area (Å²) in [7, 11) is 0. The zero-order valence-electron chi connectivity index (χ0n) is 12.2. The maximum atomic E-state index is 13.3. The largest absolute Gasteiger partial charge is 0.450 e. The standard InChI is InChI=1S/C17H8F6O2/c18-16(19,20)10-7-5-9(6-8-10)13-11-3-1-2-4-12(11)15(24)25-14(13)17(21,22)23/h1-8H. The lowest BCUT2D eigenvalue weighted by Gasteiger charge is -2.14. The van der Waals surface area contributed by atoms with E-state index in [1.54, 1.807) is 0 Å². The van der Waals surface area contributed by atoms with Gasteiger partial charge in [0.05, 0.1) is 10.9 Å². The van der Waals surface area contributed by atoms with E-state index >= 15 is 0 Å². The van der Waals surface area contributed by atoms with Crippen molar-refractivity contribution in [2.24, 2.45) is 0 Å². The van der Waals surface area contributed by atoms with Crippen LogP contribution in [-0.4, -0.2) is 0 Å². The van der Waals surface area contributed by atoms with Gasteiger partial charge in [-0.15, -0.1) is 0 Å². The Morgan fingerprint density at radius 3 is 1.80 bits per heavy atom. The summed E-state index contributed by atoms with van der Waals surface area (Å²) in [5.41, 5.74) is -2.78. The molecule has 3 aromatic rings. The molecule has 0 radical (unpaired) electrons. The van der Waals surface area contributed by atoms with Crippen molar-refractivity contribution in [2.45, 2.75) is 12.4 Å². The number of fused-ring (bicyclic) bond motifs is 1. The predicted molar refractivity (Wildman–Crippen MR) is 77.9 cm³/mol. The molecule has 0 saturated carbocycles. The van der Waals surface area contributed by atoms with Crippen molar-refractivity contribution >= 4 is 10.8 Å². The first kappa shape index (κ1) is 17.1. The van der Waals surface area contributed by atoms with Crippen molar-refractivity contribution in [3.63, 3.8) is 0 Å². The van der Waals surface area contributed by atoms with Crippen LogP contribution in [0.4, 0.5) is 26.3 Å². The Morgan fingerprint density at radius 1 is 0.720 bits per heavy atom. The Kier molecular flexibility index (Phi) is 3.85. The molecular formula is C17H8F6O2. The fourth-order valence-electron chi connectivity index (χ4n) is 2.51. The molecule has 1 aromatic heterocycles. The summed E-state index contributed by atoms with van der Waals surface area (Å²) in [5, 5.41) is -0.142. The second-order valence-electron chi connectivity index (χ2n) is 5.21. The number of rotatable bonds is 1. The third-order valence-electron chi connectivity index (χ3n) is 3.60. The highest BCUT2D eigenvalue weighted by Crippen LogP contribution is 2.40. The molecule has 3 rings (SSSR count). The van der Waals surface area contributed by atoms with Crippen LogP contribution in [0.3, 0.4) is 0 Å². The second-order valence-corrected chi connectivity index (χ2v) is 5.21. The monoisotopic (exact) mass is 358 g/mol. The molecule has 0 amide bonds. The van der Waals surface area contributed by atoms with Crippen molar-refractivity contribution in [3.05, 3.63) is 70.3 Å². The van der Waals surface area contributed by atoms with Gasteiger partial charge in [-0.25, -0.2) is 4.79 Å². The summed E-state index contributed by atoms with van der Waals surface area (Å²) in [4.78, 5) is 11.8. The van der Waals surface area contributed by atoms with Crippen molar-refractivity contribution in [2.75, 3.05) is 0 Å². The summed E-state index contributed by atoms with van der Waals surface area (Å²) < 4.78 is 82.3. The first-order valence-corrected chi connectivity index (χ1v) is 6.89. The highest BCUT2D eigenvalue weighted by molar-refractivity contribution is 5.96. The van der Waals surface area contributed by atoms with Gasteiger partial charge < -0.3 is 4.42 Å². The van der Waals surface area contributed by atoms with Gasteiger partial charge in [-0.1, -0.05) is 30.3 Å². The van der Waals surface area contributed by atoms with E-state index in [2.05, 4.69) is 4.42 Å². The Labute approximate surface area is 136 Å². The molecule has 0 bridgehead atoms. The Bertz CT molecular complexity index is 981. The predicted octanol–water partition coefficient (Wildman–Crippen LogP) is 5.50. The van der Waals surface area contributed by atoms with Gasteiger partial charge in [0.1, 0.15) is 0 Å². The van der Waals surface area contributed by atoms with E-state index in [1.165, 1.54) is 24.3 Å². The second kappa shape index (κ2) is 5.65. The summed E-state index contributed by atoms with van der Waals surface area (Å²) >= 11 is 0. The van der Waals surface area contributed by atoms with E-state index in [1.807, 2.05) is 0 Å². The molecule has 1 heterocycles. The van der Waals surface area contributed by atoms with Gasteiger partial charge in [-0.05, 0) is 23.8 Å².